The number of hydrogen-bond acceptors (Lipinski definition) is 4. The second-order valence-corrected chi connectivity index (χ2v) is 5.92. The van der Waals surface area contributed by atoms with Gasteiger partial charge in [-0.05, 0) is 27.3 Å². The maximum atomic E-state index is 12.4. The van der Waals surface area contributed by atoms with Gasteiger partial charge in [0.2, 0.25) is 5.91 Å². The first-order valence-corrected chi connectivity index (χ1v) is 6.22. The Morgan fingerprint density at radius 1 is 1.35 bits per heavy atom. The van der Waals surface area contributed by atoms with Crippen molar-refractivity contribution in [3.05, 3.63) is 0 Å². The number of ether oxygens (including phenoxy) is 1. The average molecular weight is 241 g/mol. The molecule has 5 heteroatoms. The molecule has 5 nitrogen and oxygen atoms in total. The molecule has 17 heavy (non-hydrogen) atoms. The van der Waals surface area contributed by atoms with Crippen molar-refractivity contribution in [3.8, 4) is 0 Å². The number of nitrogens with zero attached hydrogens (tertiary/aromatic N) is 2. The predicted molar refractivity (Wildman–Crippen MR) is 65.6 cm³/mol. The van der Waals surface area contributed by atoms with E-state index in [-0.39, 0.29) is 11.4 Å². The number of likely N-dealkylation sites (N-methyl/N-ethyl adjacent to an activating group) is 1. The van der Waals surface area contributed by atoms with Crippen molar-refractivity contribution in [1.82, 2.24) is 9.80 Å². The van der Waals surface area contributed by atoms with E-state index in [1.807, 2.05) is 4.90 Å². The van der Waals surface area contributed by atoms with E-state index in [1.165, 1.54) is 0 Å². The van der Waals surface area contributed by atoms with Gasteiger partial charge in [0.1, 0.15) is 5.54 Å². The highest BCUT2D eigenvalue weighted by Gasteiger charge is 2.44. The Hall–Kier alpha value is -0.650. The van der Waals surface area contributed by atoms with Crippen molar-refractivity contribution in [2.24, 2.45) is 5.73 Å². The average Bonchev–Trinajstić information content (AvgIpc) is 2.69. The SMILES string of the molecule is CN1CCN(C(=O)C2(N)CCOC2)CC1(C)C. The highest BCUT2D eigenvalue weighted by Crippen LogP contribution is 2.24. The Morgan fingerprint density at radius 3 is 2.59 bits per heavy atom. The Bertz CT molecular complexity index is 311. The van der Waals surface area contributed by atoms with Crippen molar-refractivity contribution in [2.75, 3.05) is 39.9 Å². The minimum atomic E-state index is -0.786. The van der Waals surface area contributed by atoms with Gasteiger partial charge < -0.3 is 15.4 Å². The van der Waals surface area contributed by atoms with Crippen molar-refractivity contribution in [1.29, 1.82) is 0 Å². The third kappa shape index (κ3) is 2.32. The lowest BCUT2D eigenvalue weighted by molar-refractivity contribution is -0.141. The normalized spacial score (nSPS) is 34.0. The van der Waals surface area contributed by atoms with E-state index >= 15 is 0 Å². The van der Waals surface area contributed by atoms with Gasteiger partial charge in [-0.25, -0.2) is 0 Å². The molecule has 2 aliphatic rings. The summed E-state index contributed by atoms with van der Waals surface area (Å²) in [7, 11) is 2.10. The first kappa shape index (κ1) is 12.8. The van der Waals surface area contributed by atoms with E-state index in [9.17, 15) is 4.79 Å². The Labute approximate surface area is 103 Å². The lowest BCUT2D eigenvalue weighted by Gasteiger charge is -2.46. The lowest BCUT2D eigenvalue weighted by atomic mass is 9.94. The van der Waals surface area contributed by atoms with Crippen LogP contribution < -0.4 is 5.73 Å². The highest BCUT2D eigenvalue weighted by atomic mass is 16.5. The van der Waals surface area contributed by atoms with Crippen molar-refractivity contribution >= 4 is 5.91 Å². The molecule has 0 aromatic heterocycles. The standard InChI is InChI=1S/C12H23N3O2/c1-11(2)8-15(6-5-14(11)3)10(16)12(13)4-7-17-9-12/h4-9,13H2,1-3H3. The van der Waals surface area contributed by atoms with Crippen molar-refractivity contribution < 1.29 is 9.53 Å². The molecule has 2 fully saturated rings. The van der Waals surface area contributed by atoms with Crippen LogP contribution in [-0.2, 0) is 9.53 Å². The molecule has 0 aromatic rings. The van der Waals surface area contributed by atoms with Crippen LogP contribution in [0.5, 0.6) is 0 Å². The third-order valence-electron chi connectivity index (χ3n) is 4.08. The molecule has 2 rings (SSSR count). The summed E-state index contributed by atoms with van der Waals surface area (Å²) >= 11 is 0. The predicted octanol–water partition coefficient (Wildman–Crippen LogP) is -0.343. The zero-order valence-corrected chi connectivity index (χ0v) is 11.0. The zero-order valence-electron chi connectivity index (χ0n) is 11.0. The minimum Gasteiger partial charge on any atom is -0.379 e. The largest absolute Gasteiger partial charge is 0.379 e. The minimum absolute atomic E-state index is 0.0176. The second kappa shape index (κ2) is 4.23. The molecule has 0 saturated carbocycles. The summed E-state index contributed by atoms with van der Waals surface area (Å²) in [5.74, 6) is 0.0520. The maximum absolute atomic E-state index is 12.4. The molecular weight excluding hydrogens is 218 g/mol. The van der Waals surface area contributed by atoms with E-state index in [0.717, 1.165) is 19.6 Å². The van der Waals surface area contributed by atoms with Crippen LogP contribution in [0.25, 0.3) is 0 Å². The number of carbonyl (C=O) groups is 1. The molecule has 1 amide bonds. The summed E-state index contributed by atoms with van der Waals surface area (Å²) in [5.41, 5.74) is 5.36. The number of nitrogens with two attached hydrogens (primary N) is 1. The zero-order chi connectivity index (χ0) is 12.7. The van der Waals surface area contributed by atoms with E-state index in [4.69, 9.17) is 10.5 Å². The summed E-state index contributed by atoms with van der Waals surface area (Å²) in [6.45, 7) is 7.66. The highest BCUT2D eigenvalue weighted by molar-refractivity contribution is 5.86. The van der Waals surface area contributed by atoms with Crippen LogP contribution >= 0.6 is 0 Å². The van der Waals surface area contributed by atoms with Crippen LogP contribution in [0.4, 0.5) is 0 Å². The van der Waals surface area contributed by atoms with E-state index < -0.39 is 5.54 Å². The summed E-state index contributed by atoms with van der Waals surface area (Å²) < 4.78 is 5.26. The van der Waals surface area contributed by atoms with Gasteiger partial charge in [-0.1, -0.05) is 0 Å². The van der Waals surface area contributed by atoms with Gasteiger partial charge >= 0.3 is 0 Å². The monoisotopic (exact) mass is 241 g/mol. The molecule has 2 heterocycles. The molecule has 0 bridgehead atoms. The Balaban J connectivity index is 2.06. The molecule has 0 aromatic carbocycles. The number of rotatable bonds is 1. The molecule has 0 aliphatic carbocycles. The van der Waals surface area contributed by atoms with Gasteiger partial charge in [0, 0.05) is 31.8 Å². The molecule has 98 valence electrons. The van der Waals surface area contributed by atoms with E-state index in [0.29, 0.717) is 19.6 Å². The number of carbonyl (C=O) groups excluding carboxylic acids is 1. The molecule has 1 unspecified atom stereocenters. The van der Waals surface area contributed by atoms with E-state index in [2.05, 4.69) is 25.8 Å². The molecular formula is C12H23N3O2. The molecule has 2 saturated heterocycles. The van der Waals surface area contributed by atoms with Crippen LogP contribution in [-0.4, -0.2) is 66.7 Å². The quantitative estimate of drug-likeness (QED) is 0.682. The van der Waals surface area contributed by atoms with Crippen molar-refractivity contribution in [3.63, 3.8) is 0 Å². The maximum Gasteiger partial charge on any atom is 0.245 e. The fourth-order valence-corrected chi connectivity index (χ4v) is 2.48. The van der Waals surface area contributed by atoms with Gasteiger partial charge in [0.25, 0.3) is 0 Å². The first-order valence-electron chi connectivity index (χ1n) is 6.22. The first-order chi connectivity index (χ1) is 7.85. The van der Waals surface area contributed by atoms with Crippen molar-refractivity contribution in [2.45, 2.75) is 31.3 Å². The fourth-order valence-electron chi connectivity index (χ4n) is 2.48. The summed E-state index contributed by atoms with van der Waals surface area (Å²) in [5, 5.41) is 0. The molecule has 0 spiro atoms. The summed E-state index contributed by atoms with van der Waals surface area (Å²) in [6, 6.07) is 0. The fraction of sp³-hybridized carbons (Fsp3) is 0.917. The van der Waals surface area contributed by atoms with Crippen LogP contribution in [0.15, 0.2) is 0 Å². The van der Waals surface area contributed by atoms with Gasteiger partial charge in [-0.15, -0.1) is 0 Å². The molecule has 2 aliphatic heterocycles. The number of piperazine rings is 1. The Kier molecular flexibility index (Phi) is 3.18. The van der Waals surface area contributed by atoms with Crippen LogP contribution in [0.1, 0.15) is 20.3 Å². The Morgan fingerprint density at radius 2 is 2.06 bits per heavy atom. The number of amides is 1. The third-order valence-corrected chi connectivity index (χ3v) is 4.08. The summed E-state index contributed by atoms with van der Waals surface area (Å²) in [4.78, 5) is 16.6. The molecule has 1 atom stereocenters. The smallest absolute Gasteiger partial charge is 0.245 e. The van der Waals surface area contributed by atoms with Crippen LogP contribution in [0.3, 0.4) is 0 Å². The van der Waals surface area contributed by atoms with Gasteiger partial charge in [0.15, 0.2) is 0 Å². The molecule has 2 N–H and O–H groups in total. The lowest BCUT2D eigenvalue weighted by Crippen LogP contribution is -2.64. The van der Waals surface area contributed by atoms with E-state index in [1.54, 1.807) is 0 Å². The topological polar surface area (TPSA) is 58.8 Å². The van der Waals surface area contributed by atoms with Gasteiger partial charge in [0.05, 0.1) is 6.61 Å². The van der Waals surface area contributed by atoms with Gasteiger partial charge in [-0.3, -0.25) is 9.69 Å². The van der Waals surface area contributed by atoms with Crippen LogP contribution in [0, 0.1) is 0 Å². The molecule has 0 radical (unpaired) electrons. The second-order valence-electron chi connectivity index (χ2n) is 5.92. The summed E-state index contributed by atoms with van der Waals surface area (Å²) in [6.07, 6.45) is 0.638. The number of hydrogen-bond donors (Lipinski definition) is 1. The van der Waals surface area contributed by atoms with Gasteiger partial charge in [-0.2, -0.15) is 0 Å². The van der Waals surface area contributed by atoms with Crippen LogP contribution in [0.2, 0.25) is 0 Å².